The molecule has 0 aromatic carbocycles. The Morgan fingerprint density at radius 2 is 1.22 bits per heavy atom. The molecule has 0 radical (unpaired) electrons. The van der Waals surface area contributed by atoms with E-state index in [1.807, 2.05) is 0 Å². The number of hydrogen-bond acceptors (Lipinski definition) is 8. The smallest absolute Gasteiger partial charge is 0.306 e. The van der Waals surface area contributed by atoms with Crippen LogP contribution in [0.25, 0.3) is 0 Å². The number of aliphatic hydroxyl groups excluding tert-OH is 1. The Bertz CT molecular complexity index is 405. The monoisotopic (exact) mass is 332 g/mol. The molecule has 0 aliphatic carbocycles. The lowest BCUT2D eigenvalue weighted by Gasteiger charge is -2.42. The van der Waals surface area contributed by atoms with Gasteiger partial charge in [0.05, 0.1) is 6.10 Å². The van der Waals surface area contributed by atoms with E-state index in [0.717, 1.165) is 0 Å². The number of esters is 3. The van der Waals surface area contributed by atoms with Gasteiger partial charge in [-0.1, -0.05) is 20.8 Å². The fourth-order valence-corrected chi connectivity index (χ4v) is 2.12. The van der Waals surface area contributed by atoms with Gasteiger partial charge in [-0.2, -0.15) is 0 Å². The van der Waals surface area contributed by atoms with E-state index in [4.69, 9.17) is 18.9 Å². The van der Waals surface area contributed by atoms with Gasteiger partial charge in [-0.25, -0.2) is 0 Å². The minimum absolute atomic E-state index is 0.0760. The summed E-state index contributed by atoms with van der Waals surface area (Å²) in [4.78, 5) is 34.8. The number of ether oxygens (including phenoxy) is 4. The van der Waals surface area contributed by atoms with Crippen LogP contribution in [0.3, 0.4) is 0 Å². The third-order valence-corrected chi connectivity index (χ3v) is 3.41. The van der Waals surface area contributed by atoms with Crippen molar-refractivity contribution in [1.82, 2.24) is 0 Å². The normalized spacial score (nSPS) is 30.4. The highest BCUT2D eigenvalue weighted by atomic mass is 16.7. The van der Waals surface area contributed by atoms with Crippen LogP contribution in [-0.2, 0) is 33.3 Å². The second kappa shape index (κ2) is 8.83. The zero-order valence-corrected chi connectivity index (χ0v) is 13.8. The van der Waals surface area contributed by atoms with E-state index in [1.165, 1.54) is 0 Å². The van der Waals surface area contributed by atoms with Crippen LogP contribution in [0.4, 0.5) is 0 Å². The van der Waals surface area contributed by atoms with E-state index >= 15 is 0 Å². The van der Waals surface area contributed by atoms with Crippen molar-refractivity contribution in [3.05, 3.63) is 0 Å². The molecule has 0 aromatic heterocycles. The third kappa shape index (κ3) is 5.18. The van der Waals surface area contributed by atoms with Gasteiger partial charge in [-0.3, -0.25) is 14.4 Å². The van der Waals surface area contributed by atoms with Crippen molar-refractivity contribution in [2.45, 2.75) is 77.7 Å². The second-order valence-electron chi connectivity index (χ2n) is 5.16. The zero-order chi connectivity index (χ0) is 17.6. The van der Waals surface area contributed by atoms with Crippen LogP contribution in [0, 0.1) is 0 Å². The molecule has 0 saturated carbocycles. The Labute approximate surface area is 135 Å². The van der Waals surface area contributed by atoms with Gasteiger partial charge in [0.25, 0.3) is 0 Å². The van der Waals surface area contributed by atoms with Crippen molar-refractivity contribution in [2.75, 3.05) is 0 Å². The molecule has 0 spiro atoms. The molecule has 132 valence electrons. The Kier molecular flexibility index (Phi) is 7.44. The van der Waals surface area contributed by atoms with Crippen LogP contribution in [0.15, 0.2) is 0 Å². The first-order valence-electron chi connectivity index (χ1n) is 7.75. The van der Waals surface area contributed by atoms with E-state index in [9.17, 15) is 19.5 Å². The molecule has 23 heavy (non-hydrogen) atoms. The van der Waals surface area contributed by atoms with Crippen molar-refractivity contribution in [3.8, 4) is 0 Å². The van der Waals surface area contributed by atoms with Crippen LogP contribution >= 0.6 is 0 Å². The summed E-state index contributed by atoms with van der Waals surface area (Å²) in [5.74, 6) is -1.67. The van der Waals surface area contributed by atoms with Crippen molar-refractivity contribution >= 4 is 17.9 Å². The molecule has 1 N–H and O–H groups in total. The van der Waals surface area contributed by atoms with E-state index < -0.39 is 48.6 Å². The minimum Gasteiger partial charge on any atom is -0.455 e. The maximum atomic E-state index is 11.7. The summed E-state index contributed by atoms with van der Waals surface area (Å²) >= 11 is 0. The summed E-state index contributed by atoms with van der Waals surface area (Å²) < 4.78 is 20.9. The van der Waals surface area contributed by atoms with Crippen LogP contribution in [-0.4, -0.2) is 53.7 Å². The molecule has 8 nitrogen and oxygen atoms in total. The third-order valence-electron chi connectivity index (χ3n) is 3.41. The van der Waals surface area contributed by atoms with Crippen LogP contribution in [0.5, 0.6) is 0 Å². The van der Waals surface area contributed by atoms with Crippen LogP contribution in [0.2, 0.25) is 0 Å². The SMILES string of the molecule is CCC(=O)O[C@@H]1[C@@H](OC(=O)CC)[C@H](C)O[C@@H](O)[C@@H]1OC(=O)CC. The average Bonchev–Trinajstić information content (AvgIpc) is 2.53. The van der Waals surface area contributed by atoms with Gasteiger partial charge in [0.2, 0.25) is 0 Å². The molecule has 1 heterocycles. The van der Waals surface area contributed by atoms with Crippen molar-refractivity contribution in [3.63, 3.8) is 0 Å². The lowest BCUT2D eigenvalue weighted by molar-refractivity contribution is -0.289. The lowest BCUT2D eigenvalue weighted by atomic mass is 9.99. The van der Waals surface area contributed by atoms with Gasteiger partial charge in [0, 0.05) is 19.3 Å². The van der Waals surface area contributed by atoms with Gasteiger partial charge >= 0.3 is 17.9 Å². The summed E-state index contributed by atoms with van der Waals surface area (Å²) in [5.41, 5.74) is 0. The fourth-order valence-electron chi connectivity index (χ4n) is 2.12. The number of carbonyl (C=O) groups is 3. The zero-order valence-electron chi connectivity index (χ0n) is 13.8. The summed E-state index contributed by atoms with van der Waals surface area (Å²) in [6.07, 6.45) is -5.29. The molecule has 1 aliphatic rings. The van der Waals surface area contributed by atoms with Gasteiger partial charge in [0.15, 0.2) is 24.6 Å². The largest absolute Gasteiger partial charge is 0.455 e. The Hall–Kier alpha value is -1.67. The van der Waals surface area contributed by atoms with Crippen LogP contribution in [0.1, 0.15) is 47.0 Å². The van der Waals surface area contributed by atoms with E-state index in [1.54, 1.807) is 27.7 Å². The average molecular weight is 332 g/mol. The summed E-state index contributed by atoms with van der Waals surface area (Å²) in [6, 6.07) is 0. The van der Waals surface area contributed by atoms with Gasteiger partial charge in [-0.05, 0) is 6.92 Å². The number of aliphatic hydroxyl groups is 1. The molecule has 1 rings (SSSR count). The Morgan fingerprint density at radius 3 is 1.65 bits per heavy atom. The van der Waals surface area contributed by atoms with Crippen molar-refractivity contribution in [2.24, 2.45) is 0 Å². The standard InChI is InChI=1S/C15H24O8/c1-5-9(16)21-12-8(4)20-15(19)14(23-11(18)7-3)13(12)22-10(17)6-2/h8,12-15,19H,5-7H2,1-4H3/t8-,12-,13+,14+,15+/m0/s1. The fraction of sp³-hybridized carbons (Fsp3) is 0.800. The molecule has 8 heteroatoms. The molecule has 0 aromatic rings. The molecule has 0 amide bonds. The molecule has 5 atom stereocenters. The summed E-state index contributed by atoms with van der Waals surface area (Å²) in [7, 11) is 0. The maximum Gasteiger partial charge on any atom is 0.306 e. The summed E-state index contributed by atoms with van der Waals surface area (Å²) in [6.45, 7) is 6.37. The van der Waals surface area contributed by atoms with Crippen molar-refractivity contribution < 1.29 is 38.4 Å². The van der Waals surface area contributed by atoms with E-state index in [-0.39, 0.29) is 19.3 Å². The molecule has 1 fully saturated rings. The highest BCUT2D eigenvalue weighted by Gasteiger charge is 2.50. The lowest BCUT2D eigenvalue weighted by Crippen LogP contribution is -2.60. The first kappa shape index (κ1) is 19.4. The number of carbonyl (C=O) groups excluding carboxylic acids is 3. The van der Waals surface area contributed by atoms with E-state index in [2.05, 4.69) is 0 Å². The predicted octanol–water partition coefficient (Wildman–Crippen LogP) is 0.689. The van der Waals surface area contributed by atoms with Gasteiger partial charge in [0.1, 0.15) is 0 Å². The highest BCUT2D eigenvalue weighted by molar-refractivity contribution is 5.71. The molecular weight excluding hydrogens is 308 g/mol. The minimum atomic E-state index is -1.48. The topological polar surface area (TPSA) is 108 Å². The van der Waals surface area contributed by atoms with Crippen LogP contribution < -0.4 is 0 Å². The number of hydrogen-bond donors (Lipinski definition) is 1. The first-order chi connectivity index (χ1) is 10.8. The van der Waals surface area contributed by atoms with Crippen molar-refractivity contribution in [1.29, 1.82) is 0 Å². The quantitative estimate of drug-likeness (QED) is 0.559. The highest BCUT2D eigenvalue weighted by Crippen LogP contribution is 2.28. The molecule has 1 saturated heterocycles. The number of rotatable bonds is 6. The van der Waals surface area contributed by atoms with Gasteiger partial charge in [-0.15, -0.1) is 0 Å². The molecular formula is C15H24O8. The van der Waals surface area contributed by atoms with E-state index in [0.29, 0.717) is 0 Å². The first-order valence-corrected chi connectivity index (χ1v) is 7.75. The maximum absolute atomic E-state index is 11.7. The second-order valence-corrected chi connectivity index (χ2v) is 5.16. The predicted molar refractivity (Wildman–Crippen MR) is 77.1 cm³/mol. The Balaban J connectivity index is 3.04. The summed E-state index contributed by atoms with van der Waals surface area (Å²) in [5, 5.41) is 10.0. The van der Waals surface area contributed by atoms with Gasteiger partial charge < -0.3 is 24.1 Å². The Morgan fingerprint density at radius 1 is 0.826 bits per heavy atom. The molecule has 1 aliphatic heterocycles. The molecule has 0 unspecified atom stereocenters. The molecule has 0 bridgehead atoms.